The van der Waals surface area contributed by atoms with Gasteiger partial charge < -0.3 is 15.6 Å². The number of nitrogens with zero attached hydrogens (tertiary/aromatic N) is 3. The number of benzene rings is 1. The number of ether oxygens (including phenoxy) is 1. The van der Waals surface area contributed by atoms with E-state index >= 15 is 0 Å². The fraction of sp³-hybridized carbons (Fsp3) is 0.500. The first kappa shape index (κ1) is 18.6. The van der Waals surface area contributed by atoms with Gasteiger partial charge in [-0.2, -0.15) is 0 Å². The molecular weight excluding hydrogens is 328 g/mol. The highest BCUT2D eigenvalue weighted by atomic mass is 16.5. The molecule has 26 heavy (non-hydrogen) atoms. The van der Waals surface area contributed by atoms with Crippen molar-refractivity contribution >= 4 is 5.82 Å². The molecule has 6 heteroatoms. The summed E-state index contributed by atoms with van der Waals surface area (Å²) in [6.45, 7) is 5.55. The molecule has 6 nitrogen and oxygen atoms in total. The maximum absolute atomic E-state index is 9.59. The van der Waals surface area contributed by atoms with Gasteiger partial charge in [-0.15, -0.1) is 0 Å². The van der Waals surface area contributed by atoms with Crippen LogP contribution in [0.1, 0.15) is 36.6 Å². The molecule has 1 unspecified atom stereocenters. The second-order valence-corrected chi connectivity index (χ2v) is 6.87. The van der Waals surface area contributed by atoms with Gasteiger partial charge in [0.25, 0.3) is 0 Å². The first-order valence-corrected chi connectivity index (χ1v) is 9.32. The van der Waals surface area contributed by atoms with Crippen LogP contribution in [0.3, 0.4) is 0 Å². The second kappa shape index (κ2) is 8.96. The summed E-state index contributed by atoms with van der Waals surface area (Å²) in [5.74, 6) is 1.86. The summed E-state index contributed by atoms with van der Waals surface area (Å²) in [6.07, 6.45) is 6.59. The van der Waals surface area contributed by atoms with Crippen molar-refractivity contribution in [3.05, 3.63) is 47.4 Å². The molecule has 0 bridgehead atoms. The van der Waals surface area contributed by atoms with Gasteiger partial charge in [0.1, 0.15) is 11.6 Å². The number of aromatic nitrogens is 2. The van der Waals surface area contributed by atoms with E-state index in [4.69, 9.17) is 10.5 Å². The topological polar surface area (TPSA) is 84.5 Å². The first-order valence-electron chi connectivity index (χ1n) is 9.32. The number of anilines is 1. The number of aliphatic hydroxyl groups is 1. The van der Waals surface area contributed by atoms with Crippen LogP contribution in [0.15, 0.2) is 30.6 Å². The zero-order chi connectivity index (χ0) is 18.4. The fourth-order valence-corrected chi connectivity index (χ4v) is 3.68. The van der Waals surface area contributed by atoms with Gasteiger partial charge in [-0.3, -0.25) is 9.88 Å². The van der Waals surface area contributed by atoms with Crippen molar-refractivity contribution < 1.29 is 9.84 Å². The Morgan fingerprint density at radius 1 is 1.31 bits per heavy atom. The molecular formula is C20H28N4O2. The van der Waals surface area contributed by atoms with Gasteiger partial charge in [0.2, 0.25) is 0 Å². The van der Waals surface area contributed by atoms with Crippen molar-refractivity contribution in [3.8, 4) is 5.75 Å². The number of nitrogens with two attached hydrogens (primary N) is 1. The molecule has 0 radical (unpaired) electrons. The van der Waals surface area contributed by atoms with Gasteiger partial charge in [0.15, 0.2) is 0 Å². The van der Waals surface area contributed by atoms with Crippen LogP contribution in [-0.4, -0.2) is 39.7 Å². The molecule has 3 N–H and O–H groups in total. The molecule has 0 spiro atoms. The minimum Gasteiger partial charge on any atom is -0.494 e. The normalized spacial score (nSPS) is 18.0. The van der Waals surface area contributed by atoms with E-state index in [1.54, 1.807) is 12.4 Å². The quantitative estimate of drug-likeness (QED) is 0.792. The van der Waals surface area contributed by atoms with Crippen LogP contribution in [0.5, 0.6) is 5.75 Å². The van der Waals surface area contributed by atoms with Crippen molar-refractivity contribution in [3.63, 3.8) is 0 Å². The molecule has 0 amide bonds. The summed E-state index contributed by atoms with van der Waals surface area (Å²) in [7, 11) is 0. The van der Waals surface area contributed by atoms with Gasteiger partial charge in [-0.1, -0.05) is 6.07 Å². The largest absolute Gasteiger partial charge is 0.494 e. The number of rotatable bonds is 7. The smallest absolute Gasteiger partial charge is 0.145 e. The van der Waals surface area contributed by atoms with E-state index in [1.807, 2.05) is 13.0 Å². The van der Waals surface area contributed by atoms with E-state index in [0.29, 0.717) is 18.3 Å². The number of hydrogen-bond donors (Lipinski definition) is 2. The van der Waals surface area contributed by atoms with Gasteiger partial charge in [-0.25, -0.2) is 4.98 Å². The van der Waals surface area contributed by atoms with Gasteiger partial charge in [0, 0.05) is 31.0 Å². The predicted molar refractivity (Wildman–Crippen MR) is 102 cm³/mol. The second-order valence-electron chi connectivity index (χ2n) is 6.87. The third-order valence-corrected chi connectivity index (χ3v) is 4.89. The lowest BCUT2D eigenvalue weighted by Gasteiger charge is -2.33. The van der Waals surface area contributed by atoms with Gasteiger partial charge in [0.05, 0.1) is 18.9 Å². The molecule has 1 fully saturated rings. The predicted octanol–water partition coefficient (Wildman–Crippen LogP) is 2.40. The third kappa shape index (κ3) is 4.71. The molecule has 1 saturated heterocycles. The lowest BCUT2D eigenvalue weighted by molar-refractivity contribution is 0.166. The van der Waals surface area contributed by atoms with Crippen LogP contribution in [-0.2, 0) is 19.6 Å². The molecule has 1 aromatic carbocycles. The van der Waals surface area contributed by atoms with Crippen molar-refractivity contribution in [1.82, 2.24) is 14.9 Å². The van der Waals surface area contributed by atoms with Crippen LogP contribution in [0, 0.1) is 5.92 Å². The van der Waals surface area contributed by atoms with Crippen LogP contribution < -0.4 is 10.5 Å². The summed E-state index contributed by atoms with van der Waals surface area (Å²) >= 11 is 0. The molecule has 2 heterocycles. The number of nitrogen functional groups attached to an aromatic ring is 1. The third-order valence-electron chi connectivity index (χ3n) is 4.89. The standard InChI is InChI=1S/C20H28N4O2/c1-2-26-19-6-5-16(10-17(19)14-25)13-24-9-3-4-15(12-24)11-18-20(21)23-8-7-22-18/h5-8,10,15,25H,2-4,9,11-14H2,1H3,(H2,21,23). The molecule has 0 aliphatic carbocycles. The average molecular weight is 356 g/mol. The lowest BCUT2D eigenvalue weighted by Crippen LogP contribution is -2.36. The van der Waals surface area contributed by atoms with E-state index in [9.17, 15) is 5.11 Å². The Bertz CT molecular complexity index is 723. The lowest BCUT2D eigenvalue weighted by atomic mass is 9.93. The van der Waals surface area contributed by atoms with E-state index in [2.05, 4.69) is 27.0 Å². The summed E-state index contributed by atoms with van der Waals surface area (Å²) < 4.78 is 5.57. The summed E-state index contributed by atoms with van der Waals surface area (Å²) in [5.41, 5.74) is 8.91. The first-order chi connectivity index (χ1) is 12.7. The zero-order valence-electron chi connectivity index (χ0n) is 15.4. The van der Waals surface area contributed by atoms with E-state index in [1.165, 1.54) is 18.4 Å². The van der Waals surface area contributed by atoms with Crippen molar-refractivity contribution in [2.75, 3.05) is 25.4 Å². The Balaban J connectivity index is 1.62. The van der Waals surface area contributed by atoms with Crippen molar-refractivity contribution in [1.29, 1.82) is 0 Å². The minimum absolute atomic E-state index is 0.00223. The van der Waals surface area contributed by atoms with E-state index < -0.39 is 0 Å². The SMILES string of the molecule is CCOc1ccc(CN2CCCC(Cc3nccnc3N)C2)cc1CO. The highest BCUT2D eigenvalue weighted by molar-refractivity contribution is 5.37. The summed E-state index contributed by atoms with van der Waals surface area (Å²) in [5, 5.41) is 9.59. The summed E-state index contributed by atoms with van der Waals surface area (Å²) in [6, 6.07) is 6.11. The molecule has 140 valence electrons. The zero-order valence-corrected chi connectivity index (χ0v) is 15.4. The maximum atomic E-state index is 9.59. The molecule has 3 rings (SSSR count). The Morgan fingerprint density at radius 2 is 2.15 bits per heavy atom. The average Bonchev–Trinajstić information content (AvgIpc) is 2.65. The molecule has 1 aromatic heterocycles. The molecule has 0 saturated carbocycles. The van der Waals surface area contributed by atoms with Gasteiger partial charge >= 0.3 is 0 Å². The minimum atomic E-state index is -0.00223. The number of aliphatic hydroxyl groups excluding tert-OH is 1. The Kier molecular flexibility index (Phi) is 6.41. The number of likely N-dealkylation sites (tertiary alicyclic amines) is 1. The van der Waals surface area contributed by atoms with Crippen LogP contribution in [0.4, 0.5) is 5.82 Å². The Labute approximate surface area is 155 Å². The summed E-state index contributed by atoms with van der Waals surface area (Å²) in [4.78, 5) is 11.0. The highest BCUT2D eigenvalue weighted by Gasteiger charge is 2.22. The number of hydrogen-bond acceptors (Lipinski definition) is 6. The molecule has 2 aromatic rings. The van der Waals surface area contributed by atoms with Gasteiger partial charge in [-0.05, 0) is 56.3 Å². The highest BCUT2D eigenvalue weighted by Crippen LogP contribution is 2.25. The molecule has 1 atom stereocenters. The van der Waals surface area contributed by atoms with Crippen LogP contribution in [0.25, 0.3) is 0 Å². The Morgan fingerprint density at radius 3 is 2.92 bits per heavy atom. The van der Waals surface area contributed by atoms with E-state index in [0.717, 1.165) is 43.1 Å². The van der Waals surface area contributed by atoms with E-state index in [-0.39, 0.29) is 6.61 Å². The molecule has 1 aliphatic rings. The molecule has 1 aliphatic heterocycles. The van der Waals surface area contributed by atoms with Crippen molar-refractivity contribution in [2.24, 2.45) is 5.92 Å². The fourth-order valence-electron chi connectivity index (χ4n) is 3.68. The Hall–Kier alpha value is -2.18. The van der Waals surface area contributed by atoms with Crippen LogP contribution in [0.2, 0.25) is 0 Å². The number of piperidine rings is 1. The maximum Gasteiger partial charge on any atom is 0.145 e. The monoisotopic (exact) mass is 356 g/mol. The van der Waals surface area contributed by atoms with Crippen molar-refractivity contribution in [2.45, 2.75) is 39.3 Å². The van der Waals surface area contributed by atoms with Crippen LogP contribution >= 0.6 is 0 Å².